The topological polar surface area (TPSA) is 49.3 Å². The normalized spacial score (nSPS) is 16.0. The van der Waals surface area contributed by atoms with Crippen LogP contribution in [0.1, 0.15) is 24.5 Å². The standard InChI is InChI=1S/C19H23ClN4O/c1-23(2)19(25)13-24-8-6-14(7-9-24)17-11-21-12-18(22-17)15-4-3-5-16(20)10-15/h3-5,10-12,14H,6-9,13H2,1-2H3. The van der Waals surface area contributed by atoms with Gasteiger partial charge in [-0.25, -0.2) is 4.98 Å². The number of rotatable bonds is 4. The molecule has 3 rings (SSSR count). The first-order chi connectivity index (χ1) is 12.0. The number of amides is 1. The molecule has 2 heterocycles. The second-order valence-electron chi connectivity index (χ2n) is 6.68. The van der Waals surface area contributed by atoms with Gasteiger partial charge in [-0.2, -0.15) is 0 Å². The lowest BCUT2D eigenvalue weighted by molar-refractivity contribution is -0.130. The van der Waals surface area contributed by atoms with Gasteiger partial charge in [0, 0.05) is 36.8 Å². The summed E-state index contributed by atoms with van der Waals surface area (Å²) in [6.45, 7) is 2.31. The summed E-state index contributed by atoms with van der Waals surface area (Å²) >= 11 is 6.08. The zero-order valence-electron chi connectivity index (χ0n) is 14.7. The van der Waals surface area contributed by atoms with Crippen LogP contribution in [-0.2, 0) is 4.79 Å². The lowest BCUT2D eigenvalue weighted by Crippen LogP contribution is -2.40. The number of hydrogen-bond donors (Lipinski definition) is 0. The summed E-state index contributed by atoms with van der Waals surface area (Å²) < 4.78 is 0. The van der Waals surface area contributed by atoms with E-state index >= 15 is 0 Å². The second kappa shape index (κ2) is 7.93. The van der Waals surface area contributed by atoms with Gasteiger partial charge in [0.2, 0.25) is 5.91 Å². The molecule has 0 bridgehead atoms. The van der Waals surface area contributed by atoms with E-state index in [9.17, 15) is 4.79 Å². The van der Waals surface area contributed by atoms with Gasteiger partial charge in [-0.3, -0.25) is 14.7 Å². The quantitative estimate of drug-likeness (QED) is 0.842. The van der Waals surface area contributed by atoms with E-state index in [1.165, 1.54) is 0 Å². The van der Waals surface area contributed by atoms with Crippen molar-refractivity contribution in [3.8, 4) is 11.3 Å². The van der Waals surface area contributed by atoms with E-state index in [-0.39, 0.29) is 5.91 Å². The van der Waals surface area contributed by atoms with Crippen molar-refractivity contribution in [2.45, 2.75) is 18.8 Å². The molecular weight excluding hydrogens is 336 g/mol. The molecular formula is C19H23ClN4O. The number of aromatic nitrogens is 2. The number of carbonyl (C=O) groups excluding carboxylic acids is 1. The Morgan fingerprint density at radius 3 is 2.72 bits per heavy atom. The molecule has 132 valence electrons. The van der Waals surface area contributed by atoms with Gasteiger partial charge in [0.15, 0.2) is 0 Å². The second-order valence-corrected chi connectivity index (χ2v) is 7.11. The van der Waals surface area contributed by atoms with Crippen molar-refractivity contribution in [2.24, 2.45) is 0 Å². The predicted molar refractivity (Wildman–Crippen MR) is 99.6 cm³/mol. The first-order valence-corrected chi connectivity index (χ1v) is 8.91. The van der Waals surface area contributed by atoms with Gasteiger partial charge in [-0.1, -0.05) is 23.7 Å². The zero-order chi connectivity index (χ0) is 17.8. The minimum atomic E-state index is 0.154. The van der Waals surface area contributed by atoms with Crippen molar-refractivity contribution in [1.82, 2.24) is 19.8 Å². The molecule has 0 atom stereocenters. The van der Waals surface area contributed by atoms with Gasteiger partial charge < -0.3 is 4.90 Å². The minimum Gasteiger partial charge on any atom is -0.348 e. The monoisotopic (exact) mass is 358 g/mol. The van der Waals surface area contributed by atoms with E-state index in [1.807, 2.05) is 30.5 Å². The largest absolute Gasteiger partial charge is 0.348 e. The van der Waals surface area contributed by atoms with Crippen LogP contribution in [0.2, 0.25) is 5.02 Å². The average Bonchev–Trinajstić information content (AvgIpc) is 2.62. The highest BCUT2D eigenvalue weighted by Crippen LogP contribution is 2.28. The Morgan fingerprint density at radius 2 is 2.04 bits per heavy atom. The van der Waals surface area contributed by atoms with Gasteiger partial charge in [0.05, 0.1) is 24.1 Å². The molecule has 1 aliphatic heterocycles. The first kappa shape index (κ1) is 17.8. The van der Waals surface area contributed by atoms with E-state index in [1.54, 1.807) is 25.2 Å². The summed E-state index contributed by atoms with van der Waals surface area (Å²) in [5.74, 6) is 0.540. The fourth-order valence-electron chi connectivity index (χ4n) is 3.08. The van der Waals surface area contributed by atoms with Gasteiger partial charge in [-0.05, 0) is 38.1 Å². The number of carbonyl (C=O) groups is 1. The smallest absolute Gasteiger partial charge is 0.236 e. The number of piperidine rings is 1. The molecule has 0 spiro atoms. The van der Waals surface area contributed by atoms with Crippen LogP contribution in [0, 0.1) is 0 Å². The Labute approximate surface area is 153 Å². The van der Waals surface area contributed by atoms with Crippen molar-refractivity contribution in [1.29, 1.82) is 0 Å². The van der Waals surface area contributed by atoms with E-state index in [4.69, 9.17) is 16.6 Å². The van der Waals surface area contributed by atoms with Gasteiger partial charge >= 0.3 is 0 Å². The van der Waals surface area contributed by atoms with Gasteiger partial charge in [-0.15, -0.1) is 0 Å². The molecule has 1 amide bonds. The molecule has 0 radical (unpaired) electrons. The summed E-state index contributed by atoms with van der Waals surface area (Å²) in [6, 6.07) is 7.68. The third-order valence-corrected chi connectivity index (χ3v) is 4.87. The summed E-state index contributed by atoms with van der Waals surface area (Å²) in [5, 5.41) is 0.698. The van der Waals surface area contributed by atoms with E-state index in [0.29, 0.717) is 17.5 Å². The predicted octanol–water partition coefficient (Wildman–Crippen LogP) is 3.06. The Balaban J connectivity index is 1.66. The van der Waals surface area contributed by atoms with Crippen LogP contribution >= 0.6 is 11.6 Å². The minimum absolute atomic E-state index is 0.154. The van der Waals surface area contributed by atoms with Gasteiger partial charge in [0.1, 0.15) is 0 Å². The molecule has 6 heteroatoms. The summed E-state index contributed by atoms with van der Waals surface area (Å²) in [4.78, 5) is 24.9. The fourth-order valence-corrected chi connectivity index (χ4v) is 3.27. The molecule has 1 aliphatic rings. The maximum Gasteiger partial charge on any atom is 0.236 e. The SMILES string of the molecule is CN(C)C(=O)CN1CCC(c2cncc(-c3cccc(Cl)c3)n2)CC1. The van der Waals surface area contributed by atoms with Crippen LogP contribution in [0.4, 0.5) is 0 Å². The van der Waals surface area contributed by atoms with Crippen molar-refractivity contribution >= 4 is 17.5 Å². The number of likely N-dealkylation sites (N-methyl/N-ethyl adjacent to an activating group) is 1. The Bertz CT molecular complexity index is 742. The zero-order valence-corrected chi connectivity index (χ0v) is 15.4. The first-order valence-electron chi connectivity index (χ1n) is 8.53. The number of benzene rings is 1. The van der Waals surface area contributed by atoms with Crippen LogP contribution in [0.25, 0.3) is 11.3 Å². The van der Waals surface area contributed by atoms with Crippen LogP contribution < -0.4 is 0 Å². The number of halogens is 1. The number of likely N-dealkylation sites (tertiary alicyclic amines) is 1. The Hall–Kier alpha value is -1.98. The van der Waals surface area contributed by atoms with Crippen LogP contribution in [0.5, 0.6) is 0 Å². The molecule has 5 nitrogen and oxygen atoms in total. The molecule has 1 saturated heterocycles. The lowest BCUT2D eigenvalue weighted by atomic mass is 9.93. The maximum atomic E-state index is 11.8. The number of hydrogen-bond acceptors (Lipinski definition) is 4. The maximum absolute atomic E-state index is 11.8. The van der Waals surface area contributed by atoms with E-state index in [0.717, 1.165) is 42.9 Å². The molecule has 0 unspecified atom stereocenters. The molecule has 2 aromatic rings. The third kappa shape index (κ3) is 4.55. The Morgan fingerprint density at radius 1 is 1.28 bits per heavy atom. The molecule has 1 aromatic carbocycles. The summed E-state index contributed by atoms with van der Waals surface area (Å²) in [5.41, 5.74) is 2.86. The van der Waals surface area contributed by atoms with Crippen molar-refractivity contribution in [2.75, 3.05) is 33.7 Å². The molecule has 1 aromatic heterocycles. The van der Waals surface area contributed by atoms with Crippen molar-refractivity contribution in [3.05, 3.63) is 47.4 Å². The van der Waals surface area contributed by atoms with Crippen molar-refractivity contribution < 1.29 is 4.79 Å². The van der Waals surface area contributed by atoms with E-state index in [2.05, 4.69) is 9.88 Å². The highest BCUT2D eigenvalue weighted by Gasteiger charge is 2.23. The van der Waals surface area contributed by atoms with Crippen LogP contribution in [-0.4, -0.2) is 59.4 Å². The van der Waals surface area contributed by atoms with Crippen LogP contribution in [0.15, 0.2) is 36.7 Å². The van der Waals surface area contributed by atoms with Gasteiger partial charge in [0.25, 0.3) is 0 Å². The summed E-state index contributed by atoms with van der Waals surface area (Å²) in [6.07, 6.45) is 5.63. The van der Waals surface area contributed by atoms with Crippen LogP contribution in [0.3, 0.4) is 0 Å². The summed E-state index contributed by atoms with van der Waals surface area (Å²) in [7, 11) is 3.60. The van der Waals surface area contributed by atoms with Crippen molar-refractivity contribution in [3.63, 3.8) is 0 Å². The highest BCUT2D eigenvalue weighted by atomic mass is 35.5. The average molecular weight is 359 g/mol. The molecule has 0 saturated carbocycles. The van der Waals surface area contributed by atoms with E-state index < -0.39 is 0 Å². The lowest BCUT2D eigenvalue weighted by Gasteiger charge is -2.31. The molecule has 0 aliphatic carbocycles. The molecule has 25 heavy (non-hydrogen) atoms. The molecule has 0 N–H and O–H groups in total. The third-order valence-electron chi connectivity index (χ3n) is 4.64. The fraction of sp³-hybridized carbons (Fsp3) is 0.421. The highest BCUT2D eigenvalue weighted by molar-refractivity contribution is 6.30. The Kier molecular flexibility index (Phi) is 5.66. The molecule has 1 fully saturated rings. The number of nitrogens with zero attached hydrogens (tertiary/aromatic N) is 4.